The van der Waals surface area contributed by atoms with Crippen LogP contribution in [0.1, 0.15) is 40.4 Å². The molecule has 29 heavy (non-hydrogen) atoms. The molecule has 2 aromatic rings. The lowest BCUT2D eigenvalue weighted by molar-refractivity contribution is -0.112. The minimum absolute atomic E-state index is 0.108. The molecule has 2 aliphatic heterocycles. The molecule has 0 radical (unpaired) electrons. The number of carbonyl (C=O) groups excluding carboxylic acids is 2. The minimum atomic E-state index is -0.114. The molecule has 0 N–H and O–H groups in total. The molecule has 0 saturated carbocycles. The first-order chi connectivity index (χ1) is 14.2. The average Bonchev–Trinajstić information content (AvgIpc) is 3.12. The highest BCUT2D eigenvalue weighted by Crippen LogP contribution is 2.34. The van der Waals surface area contributed by atoms with Crippen molar-refractivity contribution in [3.05, 3.63) is 65.2 Å². The van der Waals surface area contributed by atoms with Crippen LogP contribution < -0.4 is 4.74 Å². The van der Waals surface area contributed by atoms with Gasteiger partial charge in [-0.2, -0.15) is 0 Å². The number of hydrogen-bond acceptors (Lipinski definition) is 5. The molecule has 0 bridgehead atoms. The van der Waals surface area contributed by atoms with Gasteiger partial charge in [-0.15, -0.1) is 0 Å². The van der Waals surface area contributed by atoms with Crippen molar-refractivity contribution in [2.75, 3.05) is 33.3 Å². The first-order valence-corrected chi connectivity index (χ1v) is 10.4. The monoisotopic (exact) mass is 392 g/mol. The molecule has 0 spiro atoms. The Morgan fingerprint density at radius 3 is 2.59 bits per heavy atom. The number of rotatable bonds is 7. The SMILES string of the molecule is COc1ccccc1C(=O)CN1CCC(CN2Cc3ccccc3C2C=O)CC1. The van der Waals surface area contributed by atoms with Crippen molar-refractivity contribution in [1.29, 1.82) is 0 Å². The minimum Gasteiger partial charge on any atom is -0.496 e. The van der Waals surface area contributed by atoms with Crippen molar-refractivity contribution in [1.82, 2.24) is 9.80 Å². The van der Waals surface area contributed by atoms with E-state index in [1.54, 1.807) is 7.11 Å². The Labute approximate surface area is 172 Å². The molecule has 1 fully saturated rings. The van der Waals surface area contributed by atoms with Gasteiger partial charge in [0.1, 0.15) is 12.0 Å². The van der Waals surface area contributed by atoms with E-state index >= 15 is 0 Å². The third-order valence-electron chi connectivity index (χ3n) is 6.24. The molecule has 1 saturated heterocycles. The van der Waals surface area contributed by atoms with Crippen LogP contribution in [0.5, 0.6) is 5.75 Å². The Kier molecular flexibility index (Phi) is 6.07. The van der Waals surface area contributed by atoms with Crippen LogP contribution in [0.3, 0.4) is 0 Å². The van der Waals surface area contributed by atoms with Crippen LogP contribution in [-0.2, 0) is 11.3 Å². The van der Waals surface area contributed by atoms with Gasteiger partial charge >= 0.3 is 0 Å². The maximum absolute atomic E-state index is 12.7. The zero-order valence-corrected chi connectivity index (χ0v) is 16.9. The molecular weight excluding hydrogens is 364 g/mol. The summed E-state index contributed by atoms with van der Waals surface area (Å²) < 4.78 is 5.32. The maximum atomic E-state index is 12.7. The molecule has 1 atom stereocenters. The van der Waals surface area contributed by atoms with Crippen LogP contribution in [0.2, 0.25) is 0 Å². The summed E-state index contributed by atoms with van der Waals surface area (Å²) in [6.07, 6.45) is 3.18. The number of para-hydroxylation sites is 1. The number of nitrogens with zero attached hydrogens (tertiary/aromatic N) is 2. The maximum Gasteiger partial charge on any atom is 0.180 e. The van der Waals surface area contributed by atoms with Gasteiger partial charge in [0.2, 0.25) is 0 Å². The van der Waals surface area contributed by atoms with Gasteiger partial charge in [0.05, 0.1) is 25.3 Å². The second kappa shape index (κ2) is 8.89. The second-order valence-corrected chi connectivity index (χ2v) is 8.05. The van der Waals surface area contributed by atoms with E-state index in [9.17, 15) is 9.59 Å². The largest absolute Gasteiger partial charge is 0.496 e. The molecule has 2 aliphatic rings. The van der Waals surface area contributed by atoms with Crippen LogP contribution in [0.4, 0.5) is 0 Å². The number of ether oxygens (including phenoxy) is 1. The zero-order valence-electron chi connectivity index (χ0n) is 16.9. The van der Waals surface area contributed by atoms with Gasteiger partial charge in [0.25, 0.3) is 0 Å². The Balaban J connectivity index is 1.30. The normalized spacial score (nSPS) is 20.4. The van der Waals surface area contributed by atoms with Crippen LogP contribution in [0, 0.1) is 5.92 Å². The number of piperidine rings is 1. The molecule has 0 aliphatic carbocycles. The van der Waals surface area contributed by atoms with E-state index in [-0.39, 0.29) is 11.8 Å². The first kappa shape index (κ1) is 19.8. The summed E-state index contributed by atoms with van der Waals surface area (Å²) in [6, 6.07) is 15.5. The summed E-state index contributed by atoms with van der Waals surface area (Å²) in [6.45, 7) is 4.05. The third-order valence-corrected chi connectivity index (χ3v) is 6.24. The summed E-state index contributed by atoms with van der Waals surface area (Å²) in [5.74, 6) is 1.31. The highest BCUT2D eigenvalue weighted by atomic mass is 16.5. The molecule has 2 heterocycles. The first-order valence-electron chi connectivity index (χ1n) is 10.4. The number of hydrogen-bond donors (Lipinski definition) is 0. The predicted octanol–water partition coefficient (Wildman–Crippen LogP) is 3.35. The lowest BCUT2D eigenvalue weighted by atomic mass is 9.95. The molecular formula is C24H28N2O3. The van der Waals surface area contributed by atoms with Crippen molar-refractivity contribution >= 4 is 12.1 Å². The number of methoxy groups -OCH3 is 1. The van der Waals surface area contributed by atoms with E-state index in [4.69, 9.17) is 4.74 Å². The molecule has 5 heteroatoms. The molecule has 2 aromatic carbocycles. The standard InChI is InChI=1S/C24H28N2O3/c1-29-24-9-5-4-8-21(24)23(28)16-25-12-10-18(11-13-25)14-26-15-19-6-2-3-7-20(19)22(26)17-27/h2-9,17-18,22H,10-16H2,1H3. The number of ketones is 1. The molecule has 4 rings (SSSR count). The van der Waals surface area contributed by atoms with Crippen molar-refractivity contribution in [2.24, 2.45) is 5.92 Å². The van der Waals surface area contributed by atoms with Gasteiger partial charge < -0.3 is 9.53 Å². The van der Waals surface area contributed by atoms with E-state index in [0.29, 0.717) is 23.8 Å². The van der Waals surface area contributed by atoms with Crippen molar-refractivity contribution in [2.45, 2.75) is 25.4 Å². The smallest absolute Gasteiger partial charge is 0.180 e. The van der Waals surface area contributed by atoms with Gasteiger partial charge in [-0.25, -0.2) is 0 Å². The third kappa shape index (κ3) is 4.26. The predicted molar refractivity (Wildman–Crippen MR) is 112 cm³/mol. The zero-order chi connectivity index (χ0) is 20.2. The number of aldehydes is 1. The van der Waals surface area contributed by atoms with E-state index < -0.39 is 0 Å². The molecule has 5 nitrogen and oxygen atoms in total. The van der Waals surface area contributed by atoms with Crippen molar-refractivity contribution in [3.63, 3.8) is 0 Å². The van der Waals surface area contributed by atoms with E-state index in [0.717, 1.165) is 50.9 Å². The van der Waals surface area contributed by atoms with Crippen LogP contribution >= 0.6 is 0 Å². The van der Waals surface area contributed by atoms with E-state index in [1.807, 2.05) is 36.4 Å². The second-order valence-electron chi connectivity index (χ2n) is 8.05. The van der Waals surface area contributed by atoms with E-state index in [2.05, 4.69) is 21.9 Å². The highest BCUT2D eigenvalue weighted by molar-refractivity contribution is 6.00. The topological polar surface area (TPSA) is 49.9 Å². The Morgan fingerprint density at radius 1 is 1.10 bits per heavy atom. The fraction of sp³-hybridized carbons (Fsp3) is 0.417. The summed E-state index contributed by atoms with van der Waals surface area (Å²) in [7, 11) is 1.60. The highest BCUT2D eigenvalue weighted by Gasteiger charge is 2.32. The summed E-state index contributed by atoms with van der Waals surface area (Å²) in [4.78, 5) is 28.9. The summed E-state index contributed by atoms with van der Waals surface area (Å²) in [5, 5.41) is 0. The van der Waals surface area contributed by atoms with Crippen molar-refractivity contribution in [3.8, 4) is 5.75 Å². The summed E-state index contributed by atoms with van der Waals surface area (Å²) >= 11 is 0. The lowest BCUT2D eigenvalue weighted by Gasteiger charge is -2.34. The fourth-order valence-electron chi connectivity index (χ4n) is 4.64. The Hall–Kier alpha value is -2.50. The molecule has 152 valence electrons. The van der Waals surface area contributed by atoms with Crippen LogP contribution in [0.25, 0.3) is 0 Å². The van der Waals surface area contributed by atoms with Crippen LogP contribution in [-0.4, -0.2) is 55.2 Å². The lowest BCUT2D eigenvalue weighted by Crippen LogP contribution is -2.40. The molecule has 1 unspecified atom stereocenters. The summed E-state index contributed by atoms with van der Waals surface area (Å²) in [5.41, 5.74) is 3.08. The number of Topliss-reactive ketones (excluding diaryl/α,β-unsaturated/α-hetero) is 1. The molecule has 0 aromatic heterocycles. The van der Waals surface area contributed by atoms with Gasteiger partial charge in [-0.05, 0) is 55.1 Å². The van der Waals surface area contributed by atoms with Crippen molar-refractivity contribution < 1.29 is 14.3 Å². The average molecular weight is 392 g/mol. The number of fused-ring (bicyclic) bond motifs is 1. The number of likely N-dealkylation sites (tertiary alicyclic amines) is 1. The Morgan fingerprint density at radius 2 is 1.83 bits per heavy atom. The number of benzene rings is 2. The van der Waals surface area contributed by atoms with E-state index in [1.165, 1.54) is 5.56 Å². The molecule has 0 amide bonds. The van der Waals surface area contributed by atoms with Crippen LogP contribution in [0.15, 0.2) is 48.5 Å². The number of carbonyl (C=O) groups is 2. The fourth-order valence-corrected chi connectivity index (χ4v) is 4.64. The van der Waals surface area contributed by atoms with Gasteiger partial charge in [-0.3, -0.25) is 14.6 Å². The van der Waals surface area contributed by atoms with Gasteiger partial charge in [0.15, 0.2) is 5.78 Å². The quantitative estimate of drug-likeness (QED) is 0.534. The Bertz CT molecular complexity index is 874. The van der Waals surface area contributed by atoms with Gasteiger partial charge in [0, 0.05) is 13.1 Å². The van der Waals surface area contributed by atoms with Gasteiger partial charge in [-0.1, -0.05) is 36.4 Å².